The van der Waals surface area contributed by atoms with E-state index in [1.54, 1.807) is 21.9 Å². The summed E-state index contributed by atoms with van der Waals surface area (Å²) in [5.41, 5.74) is 0.747. The first kappa shape index (κ1) is 16.0. The summed E-state index contributed by atoms with van der Waals surface area (Å²) in [6, 6.07) is 5.24. The topological polar surface area (TPSA) is 80.3 Å². The molecule has 3 heterocycles. The average molecular weight is 347 g/mol. The maximum atomic E-state index is 12.6. The second kappa shape index (κ2) is 6.79. The molecule has 1 atom stereocenters. The highest BCUT2D eigenvalue weighted by atomic mass is 16.7. The van der Waals surface area contributed by atoms with Crippen LogP contribution in [0.25, 0.3) is 0 Å². The monoisotopic (exact) mass is 347 g/mol. The molecule has 1 aromatic rings. The Bertz CT molecular complexity index is 674. The van der Waals surface area contributed by atoms with E-state index in [9.17, 15) is 9.59 Å². The number of rotatable bonds is 5. The third kappa shape index (κ3) is 3.34. The molecule has 3 amide bonds. The molecule has 1 aromatic carbocycles. The van der Waals surface area contributed by atoms with Gasteiger partial charge in [-0.25, -0.2) is 4.79 Å². The van der Waals surface area contributed by atoms with Crippen molar-refractivity contribution in [1.82, 2.24) is 10.2 Å². The van der Waals surface area contributed by atoms with Crippen molar-refractivity contribution in [1.29, 1.82) is 0 Å². The van der Waals surface area contributed by atoms with E-state index in [-0.39, 0.29) is 31.4 Å². The summed E-state index contributed by atoms with van der Waals surface area (Å²) < 4.78 is 16.1. The number of ether oxygens (including phenoxy) is 3. The van der Waals surface area contributed by atoms with Crippen LogP contribution in [0.15, 0.2) is 18.2 Å². The van der Waals surface area contributed by atoms with Gasteiger partial charge < -0.3 is 24.4 Å². The first-order chi connectivity index (χ1) is 12.2. The minimum Gasteiger partial charge on any atom is -0.454 e. The van der Waals surface area contributed by atoms with Crippen molar-refractivity contribution in [2.24, 2.45) is 0 Å². The van der Waals surface area contributed by atoms with E-state index in [2.05, 4.69) is 5.32 Å². The Morgan fingerprint density at radius 2 is 2.12 bits per heavy atom. The molecule has 8 nitrogen and oxygen atoms in total. The molecular formula is C17H21N3O5. The highest BCUT2D eigenvalue weighted by Gasteiger charge is 2.32. The van der Waals surface area contributed by atoms with Gasteiger partial charge in [0.25, 0.3) is 0 Å². The van der Waals surface area contributed by atoms with Crippen LogP contribution in [0.5, 0.6) is 11.5 Å². The smallest absolute Gasteiger partial charge is 0.325 e. The normalized spacial score (nSPS) is 21.9. The molecule has 2 fully saturated rings. The average Bonchev–Trinajstić information content (AvgIpc) is 3.34. The zero-order chi connectivity index (χ0) is 17.2. The Morgan fingerprint density at radius 3 is 2.96 bits per heavy atom. The summed E-state index contributed by atoms with van der Waals surface area (Å²) in [5, 5.41) is 2.85. The SMILES string of the molecule is O=C(CN1CCN(c2ccc3c(c2)OCO3)C1=O)NCC1CCCO1. The Labute approximate surface area is 145 Å². The van der Waals surface area contributed by atoms with Crippen LogP contribution in [0.1, 0.15) is 12.8 Å². The number of urea groups is 1. The number of hydrogen-bond donors (Lipinski definition) is 1. The lowest BCUT2D eigenvalue weighted by molar-refractivity contribution is -0.122. The molecule has 3 aliphatic heterocycles. The molecule has 0 spiro atoms. The molecule has 0 radical (unpaired) electrons. The van der Waals surface area contributed by atoms with Gasteiger partial charge in [-0.2, -0.15) is 0 Å². The largest absolute Gasteiger partial charge is 0.454 e. The summed E-state index contributed by atoms with van der Waals surface area (Å²) in [4.78, 5) is 27.9. The van der Waals surface area contributed by atoms with E-state index in [4.69, 9.17) is 14.2 Å². The molecule has 0 saturated carbocycles. The fraction of sp³-hybridized carbons (Fsp3) is 0.529. The number of benzene rings is 1. The Kier molecular flexibility index (Phi) is 4.35. The van der Waals surface area contributed by atoms with Crippen molar-refractivity contribution >= 4 is 17.6 Å². The number of carbonyl (C=O) groups excluding carboxylic acids is 2. The minimum atomic E-state index is -0.175. The van der Waals surface area contributed by atoms with E-state index in [1.165, 1.54) is 0 Å². The second-order valence-corrected chi connectivity index (χ2v) is 6.33. The van der Waals surface area contributed by atoms with Gasteiger partial charge in [-0.05, 0) is 25.0 Å². The van der Waals surface area contributed by atoms with Gasteiger partial charge in [0.05, 0.1) is 6.10 Å². The van der Waals surface area contributed by atoms with Crippen LogP contribution in [0.4, 0.5) is 10.5 Å². The number of carbonyl (C=O) groups is 2. The molecule has 3 aliphatic rings. The lowest BCUT2D eigenvalue weighted by Gasteiger charge is -2.19. The van der Waals surface area contributed by atoms with E-state index >= 15 is 0 Å². The Morgan fingerprint density at radius 1 is 1.24 bits per heavy atom. The molecule has 1 N–H and O–H groups in total. The predicted octanol–water partition coefficient (Wildman–Crippen LogP) is 0.952. The summed E-state index contributed by atoms with van der Waals surface area (Å²) >= 11 is 0. The highest BCUT2D eigenvalue weighted by Crippen LogP contribution is 2.36. The number of hydrogen-bond acceptors (Lipinski definition) is 5. The third-order valence-electron chi connectivity index (χ3n) is 4.65. The van der Waals surface area contributed by atoms with Crippen molar-refractivity contribution in [3.8, 4) is 11.5 Å². The van der Waals surface area contributed by atoms with Gasteiger partial charge in [-0.1, -0.05) is 0 Å². The number of nitrogens with one attached hydrogen (secondary N) is 1. The summed E-state index contributed by atoms with van der Waals surface area (Å²) in [6.07, 6.45) is 2.11. The lowest BCUT2D eigenvalue weighted by Crippen LogP contribution is -2.42. The molecular weight excluding hydrogens is 326 g/mol. The van der Waals surface area contributed by atoms with Crippen molar-refractivity contribution in [2.75, 3.05) is 44.5 Å². The fourth-order valence-electron chi connectivity index (χ4n) is 3.28. The van der Waals surface area contributed by atoms with Gasteiger partial charge >= 0.3 is 6.03 Å². The van der Waals surface area contributed by atoms with E-state index < -0.39 is 0 Å². The zero-order valence-electron chi connectivity index (χ0n) is 13.9. The maximum Gasteiger partial charge on any atom is 0.325 e. The molecule has 0 bridgehead atoms. The predicted molar refractivity (Wildman–Crippen MR) is 88.9 cm³/mol. The van der Waals surface area contributed by atoms with Gasteiger partial charge in [0.2, 0.25) is 12.7 Å². The number of fused-ring (bicyclic) bond motifs is 1. The van der Waals surface area contributed by atoms with E-state index in [0.717, 1.165) is 25.1 Å². The van der Waals surface area contributed by atoms with Crippen molar-refractivity contribution in [3.63, 3.8) is 0 Å². The zero-order valence-corrected chi connectivity index (χ0v) is 13.9. The van der Waals surface area contributed by atoms with Crippen molar-refractivity contribution in [3.05, 3.63) is 18.2 Å². The molecule has 8 heteroatoms. The van der Waals surface area contributed by atoms with Crippen LogP contribution in [-0.4, -0.2) is 62.5 Å². The molecule has 0 aliphatic carbocycles. The van der Waals surface area contributed by atoms with E-state index in [0.29, 0.717) is 31.1 Å². The summed E-state index contributed by atoms with van der Waals surface area (Å²) in [6.45, 7) is 2.58. The van der Waals surface area contributed by atoms with Gasteiger partial charge in [-0.15, -0.1) is 0 Å². The fourth-order valence-corrected chi connectivity index (χ4v) is 3.28. The molecule has 0 aromatic heterocycles. The van der Waals surface area contributed by atoms with Gasteiger partial charge in [0.1, 0.15) is 6.54 Å². The molecule has 134 valence electrons. The molecule has 4 rings (SSSR count). The van der Waals surface area contributed by atoms with Gasteiger partial charge in [-0.3, -0.25) is 9.69 Å². The first-order valence-electron chi connectivity index (χ1n) is 8.55. The first-order valence-corrected chi connectivity index (χ1v) is 8.55. The number of anilines is 1. The van der Waals surface area contributed by atoms with Crippen molar-refractivity contribution in [2.45, 2.75) is 18.9 Å². The highest BCUT2D eigenvalue weighted by molar-refractivity contribution is 5.96. The van der Waals surface area contributed by atoms with Crippen LogP contribution in [0.3, 0.4) is 0 Å². The van der Waals surface area contributed by atoms with Gasteiger partial charge in [0, 0.05) is 38.0 Å². The summed E-state index contributed by atoms with van der Waals surface area (Å²) in [5.74, 6) is 1.16. The number of nitrogens with zero attached hydrogens (tertiary/aromatic N) is 2. The summed E-state index contributed by atoms with van der Waals surface area (Å²) in [7, 11) is 0. The maximum absolute atomic E-state index is 12.6. The van der Waals surface area contributed by atoms with Crippen LogP contribution in [0, 0.1) is 0 Å². The lowest BCUT2D eigenvalue weighted by atomic mass is 10.2. The molecule has 1 unspecified atom stereocenters. The molecule has 2 saturated heterocycles. The van der Waals surface area contributed by atoms with Crippen LogP contribution in [0.2, 0.25) is 0 Å². The Balaban J connectivity index is 1.32. The van der Waals surface area contributed by atoms with Crippen LogP contribution < -0.4 is 19.7 Å². The Hall–Kier alpha value is -2.48. The van der Waals surface area contributed by atoms with Crippen LogP contribution >= 0.6 is 0 Å². The van der Waals surface area contributed by atoms with Gasteiger partial charge in [0.15, 0.2) is 11.5 Å². The van der Waals surface area contributed by atoms with E-state index in [1.807, 2.05) is 6.07 Å². The number of amides is 3. The van der Waals surface area contributed by atoms with Crippen molar-refractivity contribution < 1.29 is 23.8 Å². The van der Waals surface area contributed by atoms with Crippen LogP contribution in [-0.2, 0) is 9.53 Å². The standard InChI is InChI=1S/C17H21N3O5/c21-16(18-9-13-2-1-7-23-13)10-19-5-6-20(17(19)22)12-3-4-14-15(8-12)25-11-24-14/h3-4,8,13H,1-2,5-7,9-11H2,(H,18,21). The quantitative estimate of drug-likeness (QED) is 0.858. The second-order valence-electron chi connectivity index (χ2n) is 6.33. The third-order valence-corrected chi connectivity index (χ3v) is 4.65. The molecule has 25 heavy (non-hydrogen) atoms. The minimum absolute atomic E-state index is 0.0621.